The summed E-state index contributed by atoms with van der Waals surface area (Å²) in [5.74, 6) is -0.0930. The fraction of sp³-hybridized carbons (Fsp3) is 0.125. The van der Waals surface area contributed by atoms with Crippen LogP contribution in [0.25, 0.3) is 11.6 Å². The number of rotatable bonds is 7. The summed E-state index contributed by atoms with van der Waals surface area (Å²) in [7, 11) is -3.58. The SMILES string of the molecule is O=C(C=Cc1ccco1)NCCS(=O)(=O)Nc1ccn2nccc2c1. The van der Waals surface area contributed by atoms with Crippen molar-refractivity contribution >= 4 is 33.2 Å². The Hall–Kier alpha value is -3.07. The maximum absolute atomic E-state index is 12.1. The largest absolute Gasteiger partial charge is 0.465 e. The molecule has 0 unspecified atom stereocenters. The van der Waals surface area contributed by atoms with Crippen LogP contribution in [0.3, 0.4) is 0 Å². The summed E-state index contributed by atoms with van der Waals surface area (Å²) in [6.45, 7) is -0.00834. The van der Waals surface area contributed by atoms with E-state index in [4.69, 9.17) is 4.42 Å². The van der Waals surface area contributed by atoms with Gasteiger partial charge in [0.05, 0.1) is 23.2 Å². The lowest BCUT2D eigenvalue weighted by Gasteiger charge is -2.08. The first-order chi connectivity index (χ1) is 12.0. The molecule has 8 nitrogen and oxygen atoms in total. The monoisotopic (exact) mass is 360 g/mol. The van der Waals surface area contributed by atoms with Crippen LogP contribution in [0, 0.1) is 0 Å². The summed E-state index contributed by atoms with van der Waals surface area (Å²) in [5.41, 5.74) is 1.22. The number of carbonyl (C=O) groups is 1. The Bertz CT molecular complexity index is 990. The van der Waals surface area contributed by atoms with E-state index in [1.165, 1.54) is 18.4 Å². The molecule has 3 heterocycles. The van der Waals surface area contributed by atoms with Crippen molar-refractivity contribution in [3.05, 3.63) is 60.8 Å². The van der Waals surface area contributed by atoms with Gasteiger partial charge in [-0.2, -0.15) is 5.10 Å². The smallest absolute Gasteiger partial charge is 0.244 e. The zero-order chi connectivity index (χ0) is 17.7. The van der Waals surface area contributed by atoms with E-state index in [9.17, 15) is 13.2 Å². The predicted molar refractivity (Wildman–Crippen MR) is 93.4 cm³/mol. The topological polar surface area (TPSA) is 106 Å². The summed E-state index contributed by atoms with van der Waals surface area (Å²) >= 11 is 0. The number of aromatic nitrogens is 2. The molecule has 3 rings (SSSR count). The molecular formula is C16H16N4O4S. The average molecular weight is 360 g/mol. The molecule has 0 aromatic carbocycles. The molecule has 3 aromatic heterocycles. The third-order valence-corrected chi connectivity index (χ3v) is 4.57. The lowest BCUT2D eigenvalue weighted by atomic mass is 10.4. The number of fused-ring (bicyclic) bond motifs is 1. The first-order valence-corrected chi connectivity index (χ1v) is 9.10. The van der Waals surface area contributed by atoms with Gasteiger partial charge in [0.2, 0.25) is 15.9 Å². The quantitative estimate of drug-likeness (QED) is 0.621. The number of pyridine rings is 1. The number of sulfonamides is 1. The fourth-order valence-electron chi connectivity index (χ4n) is 2.13. The van der Waals surface area contributed by atoms with Crippen LogP contribution in [0.15, 0.2) is 59.5 Å². The van der Waals surface area contributed by atoms with Crippen molar-refractivity contribution in [2.24, 2.45) is 0 Å². The molecule has 3 aromatic rings. The maximum atomic E-state index is 12.1. The number of anilines is 1. The van der Waals surface area contributed by atoms with Crippen molar-refractivity contribution in [1.29, 1.82) is 0 Å². The van der Waals surface area contributed by atoms with Gasteiger partial charge < -0.3 is 9.73 Å². The van der Waals surface area contributed by atoms with Crippen LogP contribution in [-0.4, -0.2) is 36.2 Å². The molecule has 0 aliphatic carbocycles. The van der Waals surface area contributed by atoms with Crippen molar-refractivity contribution < 1.29 is 17.6 Å². The minimum Gasteiger partial charge on any atom is -0.465 e. The number of nitrogens with one attached hydrogen (secondary N) is 2. The predicted octanol–water partition coefficient (Wildman–Crippen LogP) is 1.50. The summed E-state index contributed by atoms with van der Waals surface area (Å²) < 4.78 is 33.3. The van der Waals surface area contributed by atoms with E-state index in [1.807, 2.05) is 0 Å². The van der Waals surface area contributed by atoms with Gasteiger partial charge in [0.1, 0.15) is 5.76 Å². The highest BCUT2D eigenvalue weighted by Crippen LogP contribution is 2.13. The highest BCUT2D eigenvalue weighted by Gasteiger charge is 2.11. The Morgan fingerprint density at radius 3 is 3.00 bits per heavy atom. The molecule has 0 atom stereocenters. The molecule has 0 bridgehead atoms. The van der Waals surface area contributed by atoms with Crippen molar-refractivity contribution in [2.75, 3.05) is 17.0 Å². The molecule has 2 N–H and O–H groups in total. The number of amides is 1. The van der Waals surface area contributed by atoms with E-state index in [1.54, 1.807) is 47.2 Å². The van der Waals surface area contributed by atoms with Crippen molar-refractivity contribution in [2.45, 2.75) is 0 Å². The first-order valence-electron chi connectivity index (χ1n) is 7.45. The van der Waals surface area contributed by atoms with Crippen molar-refractivity contribution in [3.63, 3.8) is 0 Å². The number of carbonyl (C=O) groups excluding carboxylic acids is 1. The molecule has 0 aliphatic rings. The van der Waals surface area contributed by atoms with Gasteiger partial charge in [-0.05, 0) is 36.4 Å². The second-order valence-electron chi connectivity index (χ2n) is 5.18. The van der Waals surface area contributed by atoms with Gasteiger partial charge >= 0.3 is 0 Å². The second kappa shape index (κ2) is 7.22. The van der Waals surface area contributed by atoms with Crippen LogP contribution >= 0.6 is 0 Å². The van der Waals surface area contributed by atoms with Gasteiger partial charge in [0.25, 0.3) is 0 Å². The molecular weight excluding hydrogens is 344 g/mol. The Morgan fingerprint density at radius 2 is 2.20 bits per heavy atom. The van der Waals surface area contributed by atoms with E-state index in [0.29, 0.717) is 11.4 Å². The third kappa shape index (κ3) is 4.70. The molecule has 0 fully saturated rings. The van der Waals surface area contributed by atoms with Crippen LogP contribution in [0.1, 0.15) is 5.76 Å². The lowest BCUT2D eigenvalue weighted by molar-refractivity contribution is -0.116. The Morgan fingerprint density at radius 1 is 1.32 bits per heavy atom. The van der Waals surface area contributed by atoms with Crippen LogP contribution < -0.4 is 10.0 Å². The molecule has 1 amide bonds. The summed E-state index contributed by atoms with van der Waals surface area (Å²) in [5, 5.41) is 6.55. The van der Waals surface area contributed by atoms with Crippen molar-refractivity contribution in [1.82, 2.24) is 14.9 Å². The second-order valence-corrected chi connectivity index (χ2v) is 7.02. The molecule has 130 valence electrons. The van der Waals surface area contributed by atoms with E-state index in [0.717, 1.165) is 5.52 Å². The van der Waals surface area contributed by atoms with Crippen LogP contribution in [0.2, 0.25) is 0 Å². The fourth-order valence-corrected chi connectivity index (χ4v) is 3.09. The van der Waals surface area contributed by atoms with Gasteiger partial charge in [0.15, 0.2) is 0 Å². The van der Waals surface area contributed by atoms with Gasteiger partial charge in [-0.1, -0.05) is 0 Å². The van der Waals surface area contributed by atoms with E-state index < -0.39 is 15.9 Å². The minimum absolute atomic E-state index is 0.00834. The normalized spacial score (nSPS) is 11.8. The lowest BCUT2D eigenvalue weighted by Crippen LogP contribution is -2.30. The van der Waals surface area contributed by atoms with Gasteiger partial charge in [-0.25, -0.2) is 12.9 Å². The average Bonchev–Trinajstić information content (AvgIpc) is 3.23. The number of furan rings is 1. The highest BCUT2D eigenvalue weighted by molar-refractivity contribution is 7.92. The number of hydrogen-bond acceptors (Lipinski definition) is 5. The highest BCUT2D eigenvalue weighted by atomic mass is 32.2. The third-order valence-electron chi connectivity index (χ3n) is 3.29. The van der Waals surface area contributed by atoms with Crippen LogP contribution in [0.4, 0.5) is 5.69 Å². The molecule has 0 saturated heterocycles. The van der Waals surface area contributed by atoms with Crippen LogP contribution in [0.5, 0.6) is 0 Å². The first kappa shape index (κ1) is 16.8. The number of hydrogen-bond donors (Lipinski definition) is 2. The summed E-state index contributed by atoms with van der Waals surface area (Å²) in [6, 6.07) is 8.47. The van der Waals surface area contributed by atoms with Gasteiger partial charge in [-0.3, -0.25) is 9.52 Å². The van der Waals surface area contributed by atoms with E-state index >= 15 is 0 Å². The Balaban J connectivity index is 1.50. The van der Waals surface area contributed by atoms with E-state index in [2.05, 4.69) is 15.1 Å². The van der Waals surface area contributed by atoms with E-state index in [-0.39, 0.29) is 12.3 Å². The Labute approximate surface area is 144 Å². The van der Waals surface area contributed by atoms with Crippen LogP contribution in [-0.2, 0) is 14.8 Å². The Kier molecular flexibility index (Phi) is 4.85. The molecule has 0 radical (unpaired) electrons. The summed E-state index contributed by atoms with van der Waals surface area (Å²) in [6.07, 6.45) is 7.57. The summed E-state index contributed by atoms with van der Waals surface area (Å²) in [4.78, 5) is 11.6. The van der Waals surface area contributed by atoms with Gasteiger partial charge in [-0.15, -0.1) is 0 Å². The zero-order valence-electron chi connectivity index (χ0n) is 13.1. The standard InChI is InChI=1S/C16H16N4O4S/c21-16(4-3-15-2-1-10-24-15)17-8-11-25(22,23)19-13-6-9-20-14(12-13)5-7-18-20/h1-7,9-10,12,19H,8,11H2,(H,17,21). The van der Waals surface area contributed by atoms with Crippen molar-refractivity contribution in [3.8, 4) is 0 Å². The van der Waals surface area contributed by atoms with Gasteiger partial charge in [0, 0.05) is 25.0 Å². The molecule has 25 heavy (non-hydrogen) atoms. The maximum Gasteiger partial charge on any atom is 0.244 e. The molecule has 9 heteroatoms. The zero-order valence-corrected chi connectivity index (χ0v) is 13.9. The molecule has 0 aliphatic heterocycles. The molecule has 0 spiro atoms. The number of nitrogens with zero attached hydrogens (tertiary/aromatic N) is 2. The minimum atomic E-state index is -3.58. The molecule has 0 saturated carbocycles.